The summed E-state index contributed by atoms with van der Waals surface area (Å²) in [7, 11) is 0. The second-order valence-electron chi connectivity index (χ2n) is 5.76. The second kappa shape index (κ2) is 8.06. The average molecular weight is 349 g/mol. The third-order valence-electron chi connectivity index (χ3n) is 3.65. The van der Waals surface area contributed by atoms with Crippen molar-refractivity contribution >= 4 is 17.7 Å². The van der Waals surface area contributed by atoms with Gasteiger partial charge in [0.15, 0.2) is 0 Å². The van der Waals surface area contributed by atoms with E-state index in [0.29, 0.717) is 23.8 Å². The van der Waals surface area contributed by atoms with Gasteiger partial charge in [-0.2, -0.15) is 4.98 Å². The maximum absolute atomic E-state index is 10.8. The van der Waals surface area contributed by atoms with Crippen LogP contribution in [0.5, 0.6) is 0 Å². The third kappa shape index (κ3) is 4.76. The number of nitrogens with zero attached hydrogens (tertiary/aromatic N) is 3. The van der Waals surface area contributed by atoms with Crippen LogP contribution in [0.2, 0.25) is 0 Å². The van der Waals surface area contributed by atoms with Gasteiger partial charge in [-0.15, -0.1) is 0 Å². The molecule has 0 unspecified atom stereocenters. The molecule has 0 saturated heterocycles. The van der Waals surface area contributed by atoms with Gasteiger partial charge >= 0.3 is 5.97 Å². The first-order valence-electron chi connectivity index (χ1n) is 8.16. The lowest BCUT2D eigenvalue weighted by molar-refractivity contribution is -0.134. The highest BCUT2D eigenvalue weighted by Crippen LogP contribution is 2.20. The van der Waals surface area contributed by atoms with Gasteiger partial charge in [0.05, 0.1) is 11.4 Å². The zero-order chi connectivity index (χ0) is 18.4. The van der Waals surface area contributed by atoms with E-state index < -0.39 is 5.97 Å². The molecule has 0 atom stereocenters. The zero-order valence-electron chi connectivity index (χ0n) is 14.3. The molecule has 3 rings (SSSR count). The van der Waals surface area contributed by atoms with Gasteiger partial charge in [0.25, 0.3) is 0 Å². The van der Waals surface area contributed by atoms with E-state index in [4.69, 9.17) is 5.11 Å². The van der Waals surface area contributed by atoms with E-state index in [9.17, 15) is 4.79 Å². The van der Waals surface area contributed by atoms with Gasteiger partial charge in [-0.1, -0.05) is 35.9 Å². The number of carboxylic acid groups (broad SMARTS) is 1. The second-order valence-corrected chi connectivity index (χ2v) is 5.76. The first kappa shape index (κ1) is 17.3. The molecule has 7 heteroatoms. The number of hydrogen-bond donors (Lipinski definition) is 3. The van der Waals surface area contributed by atoms with E-state index in [1.54, 1.807) is 12.3 Å². The Morgan fingerprint density at radius 2 is 1.85 bits per heavy atom. The molecule has 3 aromatic rings. The standard InChI is InChI=1S/C19H19N5O2/c1-13-5-7-14(8-6-13)11-21-17-10-16(15-4-2-3-9-20-15)23-19(24-17)22-12-18(25)26/h2-10H,11-12H2,1H3,(H,25,26)(H2,21,22,23,24). The largest absolute Gasteiger partial charge is 0.480 e. The number of aryl methyl sites for hydroxylation is 1. The summed E-state index contributed by atoms with van der Waals surface area (Å²) in [4.78, 5) is 23.8. The molecule has 0 bridgehead atoms. The minimum Gasteiger partial charge on any atom is -0.480 e. The highest BCUT2D eigenvalue weighted by Gasteiger charge is 2.09. The monoisotopic (exact) mass is 349 g/mol. The SMILES string of the molecule is Cc1ccc(CNc2cc(-c3ccccn3)nc(NCC(=O)O)n2)cc1. The van der Waals surface area contributed by atoms with Crippen molar-refractivity contribution in [3.8, 4) is 11.4 Å². The summed E-state index contributed by atoms with van der Waals surface area (Å²) in [6.45, 7) is 2.38. The van der Waals surface area contributed by atoms with E-state index in [1.807, 2.05) is 37.3 Å². The number of carbonyl (C=O) groups is 1. The Labute approximate surface area is 151 Å². The molecule has 0 saturated carbocycles. The number of rotatable bonds is 7. The van der Waals surface area contributed by atoms with Gasteiger partial charge in [0.2, 0.25) is 5.95 Å². The molecule has 0 aliphatic rings. The molecule has 7 nitrogen and oxygen atoms in total. The van der Waals surface area contributed by atoms with Crippen LogP contribution in [0.3, 0.4) is 0 Å². The molecular weight excluding hydrogens is 330 g/mol. The number of aliphatic carboxylic acids is 1. The van der Waals surface area contributed by atoms with Crippen molar-refractivity contribution in [2.75, 3.05) is 17.2 Å². The van der Waals surface area contributed by atoms with Crippen LogP contribution in [-0.2, 0) is 11.3 Å². The van der Waals surface area contributed by atoms with Gasteiger partial charge in [-0.3, -0.25) is 9.78 Å². The van der Waals surface area contributed by atoms with Crippen molar-refractivity contribution in [1.29, 1.82) is 0 Å². The Bertz CT molecular complexity index is 882. The predicted octanol–water partition coefficient (Wildman–Crippen LogP) is 2.96. The summed E-state index contributed by atoms with van der Waals surface area (Å²) >= 11 is 0. The van der Waals surface area contributed by atoms with Crippen LogP contribution in [0, 0.1) is 6.92 Å². The molecule has 0 fully saturated rings. The van der Waals surface area contributed by atoms with E-state index >= 15 is 0 Å². The third-order valence-corrected chi connectivity index (χ3v) is 3.65. The fourth-order valence-corrected chi connectivity index (χ4v) is 2.32. The van der Waals surface area contributed by atoms with Crippen LogP contribution in [-0.4, -0.2) is 32.6 Å². The van der Waals surface area contributed by atoms with Crippen molar-refractivity contribution < 1.29 is 9.90 Å². The Morgan fingerprint density at radius 1 is 1.04 bits per heavy atom. The minimum atomic E-state index is -0.981. The van der Waals surface area contributed by atoms with Crippen molar-refractivity contribution in [2.45, 2.75) is 13.5 Å². The normalized spacial score (nSPS) is 10.3. The smallest absolute Gasteiger partial charge is 0.322 e. The van der Waals surface area contributed by atoms with Gasteiger partial charge in [-0.05, 0) is 24.6 Å². The lowest BCUT2D eigenvalue weighted by Crippen LogP contribution is -2.15. The summed E-state index contributed by atoms with van der Waals surface area (Å²) in [6.07, 6.45) is 1.68. The fourth-order valence-electron chi connectivity index (χ4n) is 2.32. The number of nitrogens with one attached hydrogen (secondary N) is 2. The van der Waals surface area contributed by atoms with Gasteiger partial charge in [-0.25, -0.2) is 4.98 Å². The molecule has 0 radical (unpaired) electrons. The van der Waals surface area contributed by atoms with Gasteiger partial charge < -0.3 is 15.7 Å². The molecule has 0 aliphatic heterocycles. The molecule has 2 aromatic heterocycles. The number of carboxylic acids is 1. The van der Waals surface area contributed by atoms with E-state index in [-0.39, 0.29) is 12.5 Å². The van der Waals surface area contributed by atoms with Gasteiger partial charge in [0.1, 0.15) is 12.4 Å². The average Bonchev–Trinajstić information content (AvgIpc) is 2.66. The van der Waals surface area contributed by atoms with Crippen molar-refractivity contribution in [3.05, 3.63) is 65.9 Å². The molecule has 132 valence electrons. The van der Waals surface area contributed by atoms with E-state index in [2.05, 4.69) is 37.7 Å². The minimum absolute atomic E-state index is 0.238. The highest BCUT2D eigenvalue weighted by atomic mass is 16.4. The first-order chi connectivity index (χ1) is 12.6. The first-order valence-corrected chi connectivity index (χ1v) is 8.16. The summed E-state index contributed by atoms with van der Waals surface area (Å²) in [5.74, 6) is -0.151. The van der Waals surface area contributed by atoms with Crippen molar-refractivity contribution in [2.24, 2.45) is 0 Å². The van der Waals surface area contributed by atoms with Crippen LogP contribution in [0.4, 0.5) is 11.8 Å². The summed E-state index contributed by atoms with van der Waals surface area (Å²) in [5.41, 5.74) is 3.62. The molecule has 2 heterocycles. The Morgan fingerprint density at radius 3 is 2.54 bits per heavy atom. The Balaban J connectivity index is 1.83. The Kier molecular flexibility index (Phi) is 5.38. The maximum atomic E-state index is 10.8. The van der Waals surface area contributed by atoms with Crippen LogP contribution in [0.1, 0.15) is 11.1 Å². The number of hydrogen-bond acceptors (Lipinski definition) is 6. The van der Waals surface area contributed by atoms with Crippen molar-refractivity contribution in [1.82, 2.24) is 15.0 Å². The van der Waals surface area contributed by atoms with E-state index in [0.717, 1.165) is 5.56 Å². The molecule has 1 aromatic carbocycles. The van der Waals surface area contributed by atoms with E-state index in [1.165, 1.54) is 5.56 Å². The lowest BCUT2D eigenvalue weighted by atomic mass is 10.1. The number of pyridine rings is 1. The van der Waals surface area contributed by atoms with Crippen LogP contribution in [0.15, 0.2) is 54.7 Å². The number of aromatic nitrogens is 3. The van der Waals surface area contributed by atoms with Crippen LogP contribution in [0.25, 0.3) is 11.4 Å². The van der Waals surface area contributed by atoms with Crippen molar-refractivity contribution in [3.63, 3.8) is 0 Å². The molecule has 26 heavy (non-hydrogen) atoms. The quantitative estimate of drug-likeness (QED) is 0.603. The molecular formula is C19H19N5O2. The fraction of sp³-hybridized carbons (Fsp3) is 0.158. The zero-order valence-corrected chi connectivity index (χ0v) is 14.3. The number of anilines is 2. The van der Waals surface area contributed by atoms with Gasteiger partial charge in [0, 0.05) is 18.8 Å². The summed E-state index contributed by atoms with van der Waals surface area (Å²) in [6, 6.07) is 15.5. The Hall–Kier alpha value is -3.48. The lowest BCUT2D eigenvalue weighted by Gasteiger charge is -2.10. The highest BCUT2D eigenvalue weighted by molar-refractivity contribution is 5.72. The topological polar surface area (TPSA) is 100 Å². The maximum Gasteiger partial charge on any atom is 0.322 e. The molecule has 0 spiro atoms. The number of benzene rings is 1. The molecule has 0 amide bonds. The van der Waals surface area contributed by atoms with Crippen LogP contribution >= 0.6 is 0 Å². The molecule has 3 N–H and O–H groups in total. The van der Waals surface area contributed by atoms with Crippen LogP contribution < -0.4 is 10.6 Å². The molecule has 0 aliphatic carbocycles. The predicted molar refractivity (Wildman–Crippen MR) is 99.9 cm³/mol. The summed E-state index contributed by atoms with van der Waals surface area (Å²) < 4.78 is 0. The summed E-state index contributed by atoms with van der Waals surface area (Å²) in [5, 5.41) is 14.8.